The molecule has 0 saturated heterocycles. The Balaban J connectivity index is 0.000000437. The van der Waals surface area contributed by atoms with Crippen molar-refractivity contribution < 1.29 is 4.79 Å². The molecule has 3 nitrogen and oxygen atoms in total. The van der Waals surface area contributed by atoms with Crippen LogP contribution in [0.25, 0.3) is 11.0 Å². The van der Waals surface area contributed by atoms with E-state index in [4.69, 9.17) is 0 Å². The molecule has 0 bridgehead atoms. The summed E-state index contributed by atoms with van der Waals surface area (Å²) >= 11 is 0. The summed E-state index contributed by atoms with van der Waals surface area (Å²) in [7, 11) is 0. The SMILES string of the molecule is CCC.CCC(=O)c1nc2ccc(C)cc2[nH]1. The maximum absolute atomic E-state index is 11.4. The minimum atomic E-state index is 0.0545. The van der Waals surface area contributed by atoms with Crippen molar-refractivity contribution in [3.63, 3.8) is 0 Å². The molecule has 0 unspecified atom stereocenters. The molecule has 1 heterocycles. The van der Waals surface area contributed by atoms with Crippen LogP contribution in [0.5, 0.6) is 0 Å². The zero-order valence-electron chi connectivity index (χ0n) is 11.0. The second kappa shape index (κ2) is 6.18. The first kappa shape index (κ1) is 13.4. The van der Waals surface area contributed by atoms with Crippen molar-refractivity contribution in [2.24, 2.45) is 0 Å². The van der Waals surface area contributed by atoms with Crippen molar-refractivity contribution in [2.75, 3.05) is 0 Å². The second-order valence-corrected chi connectivity index (χ2v) is 4.09. The van der Waals surface area contributed by atoms with E-state index in [0.717, 1.165) is 16.6 Å². The fourth-order valence-electron chi connectivity index (χ4n) is 1.42. The molecule has 1 aromatic heterocycles. The number of carbonyl (C=O) groups excluding carboxylic acids is 1. The van der Waals surface area contributed by atoms with Crippen LogP contribution in [0.3, 0.4) is 0 Å². The molecule has 0 saturated carbocycles. The standard InChI is InChI=1S/C11H12N2O.C3H8/c1-3-10(14)11-12-8-5-4-7(2)6-9(8)13-11;1-3-2/h4-6H,3H2,1-2H3,(H,12,13);3H2,1-2H3. The first-order valence-electron chi connectivity index (χ1n) is 6.11. The number of carbonyl (C=O) groups is 1. The topological polar surface area (TPSA) is 45.8 Å². The third kappa shape index (κ3) is 3.41. The molecule has 1 aromatic carbocycles. The van der Waals surface area contributed by atoms with Crippen LogP contribution in [-0.4, -0.2) is 15.8 Å². The van der Waals surface area contributed by atoms with Crippen molar-refractivity contribution in [1.82, 2.24) is 9.97 Å². The fourth-order valence-corrected chi connectivity index (χ4v) is 1.42. The van der Waals surface area contributed by atoms with Crippen LogP contribution in [0.1, 0.15) is 49.8 Å². The lowest BCUT2D eigenvalue weighted by Crippen LogP contribution is -1.98. The van der Waals surface area contributed by atoms with E-state index in [1.165, 1.54) is 6.42 Å². The highest BCUT2D eigenvalue weighted by atomic mass is 16.1. The molecule has 3 heteroatoms. The quantitative estimate of drug-likeness (QED) is 0.799. The number of fused-ring (bicyclic) bond motifs is 1. The van der Waals surface area contributed by atoms with Gasteiger partial charge in [0.2, 0.25) is 0 Å². The normalized spacial score (nSPS) is 9.88. The van der Waals surface area contributed by atoms with Gasteiger partial charge in [-0.1, -0.05) is 33.3 Å². The Hall–Kier alpha value is -1.64. The Bertz CT molecular complexity index is 500. The molecule has 0 fully saturated rings. The van der Waals surface area contributed by atoms with E-state index in [1.54, 1.807) is 0 Å². The summed E-state index contributed by atoms with van der Waals surface area (Å²) in [5.41, 5.74) is 2.95. The molecule has 2 aromatic rings. The van der Waals surface area contributed by atoms with E-state index in [2.05, 4.69) is 23.8 Å². The van der Waals surface area contributed by atoms with Gasteiger partial charge in [-0.15, -0.1) is 0 Å². The minimum Gasteiger partial charge on any atom is -0.335 e. The first-order valence-corrected chi connectivity index (χ1v) is 6.11. The van der Waals surface area contributed by atoms with Gasteiger partial charge in [-0.3, -0.25) is 4.79 Å². The second-order valence-electron chi connectivity index (χ2n) is 4.09. The van der Waals surface area contributed by atoms with Crippen LogP contribution < -0.4 is 0 Å². The van der Waals surface area contributed by atoms with Crippen LogP contribution in [-0.2, 0) is 0 Å². The van der Waals surface area contributed by atoms with Gasteiger partial charge in [0.1, 0.15) is 0 Å². The Morgan fingerprint density at radius 2 is 1.94 bits per heavy atom. The van der Waals surface area contributed by atoms with Gasteiger partial charge < -0.3 is 4.98 Å². The highest BCUT2D eigenvalue weighted by Crippen LogP contribution is 2.13. The summed E-state index contributed by atoms with van der Waals surface area (Å²) in [5.74, 6) is 0.520. The van der Waals surface area contributed by atoms with Gasteiger partial charge in [-0.05, 0) is 24.6 Å². The molecule has 1 N–H and O–H groups in total. The third-order valence-corrected chi connectivity index (χ3v) is 2.22. The minimum absolute atomic E-state index is 0.0545. The highest BCUT2D eigenvalue weighted by Gasteiger charge is 2.08. The number of imidazole rings is 1. The molecule has 0 aliphatic carbocycles. The van der Waals surface area contributed by atoms with Gasteiger partial charge in [0.25, 0.3) is 0 Å². The van der Waals surface area contributed by atoms with Crippen LogP contribution in [0.4, 0.5) is 0 Å². The van der Waals surface area contributed by atoms with E-state index in [1.807, 2.05) is 32.0 Å². The maximum atomic E-state index is 11.4. The number of hydrogen-bond acceptors (Lipinski definition) is 2. The van der Waals surface area contributed by atoms with E-state index in [0.29, 0.717) is 12.2 Å². The zero-order chi connectivity index (χ0) is 12.8. The number of aryl methyl sites for hydroxylation is 1. The molecule has 2 rings (SSSR count). The predicted octanol–water partition coefficient (Wildman–Crippen LogP) is 3.88. The number of ketones is 1. The largest absolute Gasteiger partial charge is 0.335 e. The summed E-state index contributed by atoms with van der Waals surface area (Å²) in [4.78, 5) is 18.6. The molecule has 0 radical (unpaired) electrons. The molecule has 0 amide bonds. The monoisotopic (exact) mass is 232 g/mol. The smallest absolute Gasteiger partial charge is 0.197 e. The van der Waals surface area contributed by atoms with E-state index in [9.17, 15) is 4.79 Å². The number of benzene rings is 1. The summed E-state index contributed by atoms with van der Waals surface area (Å²) in [6.45, 7) is 8.10. The van der Waals surface area contributed by atoms with Gasteiger partial charge in [0.15, 0.2) is 11.6 Å². The van der Waals surface area contributed by atoms with Crippen molar-refractivity contribution in [1.29, 1.82) is 0 Å². The van der Waals surface area contributed by atoms with Crippen LogP contribution in [0.2, 0.25) is 0 Å². The molecule has 92 valence electrons. The summed E-state index contributed by atoms with van der Waals surface area (Å²) in [5, 5.41) is 0. The van der Waals surface area contributed by atoms with Crippen molar-refractivity contribution >= 4 is 16.8 Å². The van der Waals surface area contributed by atoms with Crippen molar-refractivity contribution in [3.8, 4) is 0 Å². The summed E-state index contributed by atoms with van der Waals surface area (Å²) < 4.78 is 0. The average molecular weight is 232 g/mol. The zero-order valence-corrected chi connectivity index (χ0v) is 11.0. The number of Topliss-reactive ketones (excluding diaryl/α,β-unsaturated/α-hetero) is 1. The molecule has 17 heavy (non-hydrogen) atoms. The van der Waals surface area contributed by atoms with E-state index in [-0.39, 0.29) is 5.78 Å². The molecule has 0 spiro atoms. The van der Waals surface area contributed by atoms with E-state index >= 15 is 0 Å². The lowest BCUT2D eigenvalue weighted by atomic mass is 10.2. The van der Waals surface area contributed by atoms with E-state index < -0.39 is 0 Å². The van der Waals surface area contributed by atoms with Crippen molar-refractivity contribution in [3.05, 3.63) is 29.6 Å². The van der Waals surface area contributed by atoms with Crippen LogP contribution in [0, 0.1) is 6.92 Å². The summed E-state index contributed by atoms with van der Waals surface area (Å²) in [6.07, 6.45) is 1.73. The molecular formula is C14H20N2O. The molecule has 0 aliphatic heterocycles. The number of aromatic amines is 1. The lowest BCUT2D eigenvalue weighted by Gasteiger charge is -1.89. The van der Waals surface area contributed by atoms with Gasteiger partial charge in [0.05, 0.1) is 11.0 Å². The fraction of sp³-hybridized carbons (Fsp3) is 0.429. The number of hydrogen-bond donors (Lipinski definition) is 1. The summed E-state index contributed by atoms with van der Waals surface area (Å²) in [6, 6.07) is 5.91. The number of aromatic nitrogens is 2. The number of nitrogens with zero attached hydrogens (tertiary/aromatic N) is 1. The van der Waals surface area contributed by atoms with Crippen molar-refractivity contribution in [2.45, 2.75) is 40.5 Å². The van der Waals surface area contributed by atoms with Gasteiger partial charge in [-0.2, -0.15) is 0 Å². The number of rotatable bonds is 2. The highest BCUT2D eigenvalue weighted by molar-refractivity contribution is 5.95. The Kier molecular flexibility index (Phi) is 4.88. The molecule has 0 aliphatic rings. The lowest BCUT2D eigenvalue weighted by molar-refractivity contribution is 0.0979. The molecule has 0 atom stereocenters. The van der Waals surface area contributed by atoms with Gasteiger partial charge in [-0.25, -0.2) is 4.98 Å². The third-order valence-electron chi connectivity index (χ3n) is 2.22. The van der Waals surface area contributed by atoms with Crippen LogP contribution in [0.15, 0.2) is 18.2 Å². The Morgan fingerprint density at radius 1 is 1.29 bits per heavy atom. The Labute approximate surface area is 102 Å². The average Bonchev–Trinajstić information content (AvgIpc) is 2.71. The predicted molar refractivity (Wildman–Crippen MR) is 71.4 cm³/mol. The van der Waals surface area contributed by atoms with Crippen LogP contribution >= 0.6 is 0 Å². The first-order chi connectivity index (χ1) is 8.12. The van der Waals surface area contributed by atoms with Gasteiger partial charge >= 0.3 is 0 Å². The molecular weight excluding hydrogens is 212 g/mol. The number of H-pyrrole nitrogens is 1. The van der Waals surface area contributed by atoms with Gasteiger partial charge in [0, 0.05) is 6.42 Å². The maximum Gasteiger partial charge on any atom is 0.197 e. The number of nitrogens with one attached hydrogen (secondary N) is 1. The Morgan fingerprint density at radius 3 is 2.53 bits per heavy atom.